The highest BCUT2D eigenvalue weighted by molar-refractivity contribution is 5.88. The van der Waals surface area contributed by atoms with Crippen molar-refractivity contribution in [1.82, 2.24) is 0 Å². The van der Waals surface area contributed by atoms with Crippen molar-refractivity contribution in [2.24, 2.45) is 0 Å². The zero-order valence-corrected chi connectivity index (χ0v) is 13.2. The van der Waals surface area contributed by atoms with E-state index in [1.54, 1.807) is 0 Å². The van der Waals surface area contributed by atoms with Gasteiger partial charge in [-0.2, -0.15) is 17.6 Å². The molecule has 0 aliphatic heterocycles. The minimum atomic E-state index is -5.98. The number of halogens is 7. The second-order valence-electron chi connectivity index (χ2n) is 5.13. The number of hydrogen-bond donors (Lipinski definition) is 0. The second-order valence-corrected chi connectivity index (χ2v) is 5.13. The molecule has 2 aromatic rings. The van der Waals surface area contributed by atoms with Crippen LogP contribution in [0.3, 0.4) is 0 Å². The topological polar surface area (TPSA) is 48.7 Å². The molecule has 0 aliphatic carbocycles. The minimum Gasteiger partial charge on any atom is -0.496 e. The van der Waals surface area contributed by atoms with Gasteiger partial charge in [0.05, 0.1) is 19.6 Å². The molecule has 1 atom stereocenters. The van der Waals surface area contributed by atoms with Gasteiger partial charge in [0.2, 0.25) is 0 Å². The summed E-state index contributed by atoms with van der Waals surface area (Å²) in [5.74, 6) is -12.1. The molecule has 1 unspecified atom stereocenters. The molecular formula is C15H11F7O4. The summed E-state index contributed by atoms with van der Waals surface area (Å²) in [6.07, 6.45) is -8.77. The van der Waals surface area contributed by atoms with Gasteiger partial charge in [-0.3, -0.25) is 0 Å². The Morgan fingerprint density at radius 3 is 2.08 bits per heavy atom. The molecule has 0 radical (unpaired) electrons. The van der Waals surface area contributed by atoms with Crippen molar-refractivity contribution < 1.29 is 44.6 Å². The molecule has 11 heteroatoms. The van der Waals surface area contributed by atoms with Crippen LogP contribution < -0.4 is 15.1 Å². The lowest BCUT2D eigenvalue weighted by Crippen LogP contribution is -2.49. The lowest BCUT2D eigenvalue weighted by atomic mass is 9.96. The van der Waals surface area contributed by atoms with Crippen molar-refractivity contribution in [1.29, 1.82) is 0 Å². The van der Waals surface area contributed by atoms with E-state index in [0.717, 1.165) is 19.2 Å². The third kappa shape index (κ3) is 3.06. The van der Waals surface area contributed by atoms with E-state index in [2.05, 4.69) is 0 Å². The van der Waals surface area contributed by atoms with E-state index in [-0.39, 0.29) is 17.6 Å². The Morgan fingerprint density at radius 1 is 0.962 bits per heavy atom. The van der Waals surface area contributed by atoms with Crippen molar-refractivity contribution in [3.05, 3.63) is 34.2 Å². The van der Waals surface area contributed by atoms with Crippen molar-refractivity contribution in [2.45, 2.75) is 24.4 Å². The lowest BCUT2D eigenvalue weighted by Gasteiger charge is -2.29. The van der Waals surface area contributed by atoms with E-state index in [9.17, 15) is 35.5 Å². The maximum atomic E-state index is 14.3. The van der Waals surface area contributed by atoms with Gasteiger partial charge in [-0.25, -0.2) is 18.0 Å². The first-order valence-corrected chi connectivity index (χ1v) is 6.85. The molecule has 1 aromatic carbocycles. The zero-order chi connectivity index (χ0) is 19.9. The number of hydrogen-bond acceptors (Lipinski definition) is 4. The largest absolute Gasteiger partial charge is 0.496 e. The van der Waals surface area contributed by atoms with Gasteiger partial charge in [0, 0.05) is 23.8 Å². The van der Waals surface area contributed by atoms with Gasteiger partial charge in [-0.05, 0) is 0 Å². The van der Waals surface area contributed by atoms with Gasteiger partial charge in [-0.15, -0.1) is 0 Å². The smallest absolute Gasteiger partial charge is 0.372 e. The van der Waals surface area contributed by atoms with Crippen LogP contribution in [0.5, 0.6) is 11.5 Å². The molecule has 26 heavy (non-hydrogen) atoms. The molecule has 0 saturated carbocycles. The summed E-state index contributed by atoms with van der Waals surface area (Å²) in [4.78, 5) is 11.5. The van der Waals surface area contributed by atoms with Crippen LogP contribution in [0.2, 0.25) is 0 Å². The minimum absolute atomic E-state index is 0.0229. The first-order valence-electron chi connectivity index (χ1n) is 6.85. The first-order chi connectivity index (χ1) is 12.0. The van der Waals surface area contributed by atoms with Crippen molar-refractivity contribution in [2.75, 3.05) is 14.2 Å². The number of benzene rings is 1. The van der Waals surface area contributed by atoms with E-state index in [0.29, 0.717) is 0 Å². The highest BCUT2D eigenvalue weighted by atomic mass is 19.3. The van der Waals surface area contributed by atoms with Gasteiger partial charge in [-0.1, -0.05) is 0 Å². The number of fused-ring (bicyclic) bond motifs is 1. The fourth-order valence-corrected chi connectivity index (χ4v) is 2.26. The Kier molecular flexibility index (Phi) is 5.11. The molecule has 0 aliphatic rings. The van der Waals surface area contributed by atoms with Crippen LogP contribution in [0.15, 0.2) is 27.4 Å². The third-order valence-corrected chi connectivity index (χ3v) is 3.58. The second kappa shape index (κ2) is 6.69. The fraction of sp³-hybridized carbons (Fsp3) is 0.400. The summed E-state index contributed by atoms with van der Waals surface area (Å²) < 4.78 is 107. The maximum absolute atomic E-state index is 14.3. The normalized spacial score (nSPS) is 13.9. The van der Waals surface area contributed by atoms with Crippen molar-refractivity contribution in [3.63, 3.8) is 0 Å². The van der Waals surface area contributed by atoms with Gasteiger partial charge < -0.3 is 13.9 Å². The Hall–Kier alpha value is -2.46. The Labute approximate surface area is 141 Å². The van der Waals surface area contributed by atoms with Crippen LogP contribution in [0.25, 0.3) is 11.0 Å². The Balaban J connectivity index is 2.78. The van der Waals surface area contributed by atoms with Crippen molar-refractivity contribution >= 4 is 11.0 Å². The Bertz CT molecular complexity index is 863. The van der Waals surface area contributed by atoms with Gasteiger partial charge in [0.1, 0.15) is 17.1 Å². The van der Waals surface area contributed by atoms with E-state index in [4.69, 9.17) is 13.9 Å². The summed E-state index contributed by atoms with van der Waals surface area (Å²) in [6.45, 7) is 0. The summed E-state index contributed by atoms with van der Waals surface area (Å²) >= 11 is 0. The Morgan fingerprint density at radius 2 is 1.58 bits per heavy atom. The number of rotatable bonds is 6. The molecule has 0 spiro atoms. The van der Waals surface area contributed by atoms with E-state index in [1.807, 2.05) is 0 Å². The molecule has 0 fully saturated rings. The maximum Gasteiger partial charge on any atom is 0.372 e. The molecule has 2 rings (SSSR count). The van der Waals surface area contributed by atoms with Crippen molar-refractivity contribution in [3.8, 4) is 11.5 Å². The van der Waals surface area contributed by atoms with Crippen LogP contribution in [0.1, 0.15) is 11.7 Å². The zero-order valence-electron chi connectivity index (χ0n) is 13.2. The molecular weight excluding hydrogens is 377 g/mol. The summed E-state index contributed by atoms with van der Waals surface area (Å²) in [5.41, 5.74) is -3.15. The fourth-order valence-electron chi connectivity index (χ4n) is 2.26. The number of methoxy groups -OCH3 is 2. The van der Waals surface area contributed by atoms with Crippen LogP contribution in [-0.4, -0.2) is 32.5 Å². The quantitative estimate of drug-likeness (QED) is 0.545. The van der Waals surface area contributed by atoms with Crippen LogP contribution >= 0.6 is 0 Å². The molecule has 4 nitrogen and oxygen atoms in total. The predicted molar refractivity (Wildman–Crippen MR) is 75.3 cm³/mol. The average Bonchev–Trinajstić information content (AvgIpc) is 2.58. The SMILES string of the molecule is COc1cc(OC)c2c(C(F)C(F)(F)C(F)(F)C(F)F)cc(=O)oc2c1. The van der Waals surface area contributed by atoms with E-state index < -0.39 is 46.6 Å². The number of alkyl halides is 7. The van der Waals surface area contributed by atoms with Gasteiger partial charge >= 0.3 is 23.9 Å². The molecule has 0 N–H and O–H groups in total. The summed E-state index contributed by atoms with van der Waals surface area (Å²) in [5, 5.41) is -0.592. The highest BCUT2D eigenvalue weighted by Crippen LogP contribution is 2.50. The third-order valence-electron chi connectivity index (χ3n) is 3.58. The molecule has 0 bridgehead atoms. The summed E-state index contributed by atoms with van der Waals surface area (Å²) in [7, 11) is 2.25. The molecule has 0 amide bonds. The van der Waals surface area contributed by atoms with Gasteiger partial charge in [0.15, 0.2) is 6.17 Å². The average molecular weight is 388 g/mol. The van der Waals surface area contributed by atoms with Crippen LogP contribution in [-0.2, 0) is 0 Å². The monoisotopic (exact) mass is 388 g/mol. The molecule has 0 saturated heterocycles. The van der Waals surface area contributed by atoms with E-state index >= 15 is 0 Å². The molecule has 144 valence electrons. The lowest BCUT2D eigenvalue weighted by molar-refractivity contribution is -0.286. The number of ether oxygens (including phenoxy) is 2. The molecule has 1 aromatic heterocycles. The molecule has 1 heterocycles. The van der Waals surface area contributed by atoms with Crippen LogP contribution in [0, 0.1) is 0 Å². The predicted octanol–water partition coefficient (Wildman–Crippen LogP) is 4.36. The van der Waals surface area contributed by atoms with Gasteiger partial charge in [0.25, 0.3) is 0 Å². The first kappa shape index (κ1) is 19.9. The summed E-state index contributed by atoms with van der Waals surface area (Å²) in [6, 6.07) is 2.26. The standard InChI is InChI=1S/C15H11F7O4/c1-24-6-3-8(25-2)11-7(5-10(23)26-9(11)4-6)12(16)14(19,20)15(21,22)13(17)18/h3-5,12-13H,1-2H3. The highest BCUT2D eigenvalue weighted by Gasteiger charge is 2.68. The van der Waals surface area contributed by atoms with E-state index in [1.165, 1.54) is 7.11 Å². The van der Waals surface area contributed by atoms with Crippen LogP contribution in [0.4, 0.5) is 30.7 Å².